The number of rotatable bonds is 2. The fourth-order valence-corrected chi connectivity index (χ4v) is 2.04. The van der Waals surface area contributed by atoms with Crippen molar-refractivity contribution in [2.45, 2.75) is 32.7 Å². The van der Waals surface area contributed by atoms with Gasteiger partial charge in [0.2, 0.25) is 0 Å². The van der Waals surface area contributed by atoms with Gasteiger partial charge in [-0.05, 0) is 18.3 Å². The molecule has 0 aromatic rings. The van der Waals surface area contributed by atoms with E-state index in [0.29, 0.717) is 12.5 Å². The Morgan fingerprint density at radius 1 is 1.36 bits per heavy atom. The van der Waals surface area contributed by atoms with E-state index in [0.717, 1.165) is 11.4 Å². The lowest BCUT2D eigenvalue weighted by Gasteiger charge is -2.43. The molecule has 1 unspecified atom stereocenters. The standard InChI is InChI=1S/C10H20F2N2/c1-8(2)9-5-6-14(13(3)4)10(11,12)7-9/h8-9H,5-7H2,1-4H3. The van der Waals surface area contributed by atoms with E-state index in [1.807, 2.05) is 13.8 Å². The molecule has 0 radical (unpaired) electrons. The van der Waals surface area contributed by atoms with Crippen molar-refractivity contribution in [2.75, 3.05) is 20.6 Å². The highest BCUT2D eigenvalue weighted by Crippen LogP contribution is 2.37. The Hall–Kier alpha value is -0.220. The molecule has 4 heteroatoms. The molecule has 1 fully saturated rings. The Morgan fingerprint density at radius 2 is 1.93 bits per heavy atom. The topological polar surface area (TPSA) is 6.48 Å². The maximum absolute atomic E-state index is 13.6. The third-order valence-corrected chi connectivity index (χ3v) is 3.02. The second kappa shape index (κ2) is 4.11. The fraction of sp³-hybridized carbons (Fsp3) is 1.00. The zero-order chi connectivity index (χ0) is 10.9. The van der Waals surface area contributed by atoms with Gasteiger partial charge >= 0.3 is 6.05 Å². The third-order valence-electron chi connectivity index (χ3n) is 3.02. The molecule has 0 amide bonds. The van der Waals surface area contributed by atoms with Crippen LogP contribution in [0.2, 0.25) is 0 Å². The number of piperidine rings is 1. The molecule has 1 saturated heterocycles. The Bertz CT molecular complexity index is 193. The second-order valence-electron chi connectivity index (χ2n) is 4.63. The van der Waals surface area contributed by atoms with Gasteiger partial charge in [0.15, 0.2) is 0 Å². The van der Waals surface area contributed by atoms with E-state index in [4.69, 9.17) is 0 Å². The van der Waals surface area contributed by atoms with E-state index in [1.54, 1.807) is 14.1 Å². The van der Waals surface area contributed by atoms with Gasteiger partial charge in [0.25, 0.3) is 0 Å². The highest BCUT2D eigenvalue weighted by Gasteiger charge is 2.44. The van der Waals surface area contributed by atoms with Crippen LogP contribution in [0.4, 0.5) is 8.78 Å². The van der Waals surface area contributed by atoms with Crippen LogP contribution in [0.1, 0.15) is 26.7 Å². The van der Waals surface area contributed by atoms with Gasteiger partial charge < -0.3 is 0 Å². The Balaban J connectivity index is 2.65. The van der Waals surface area contributed by atoms with Crippen molar-refractivity contribution in [1.29, 1.82) is 0 Å². The fourth-order valence-electron chi connectivity index (χ4n) is 2.04. The number of halogens is 2. The summed E-state index contributed by atoms with van der Waals surface area (Å²) < 4.78 is 27.2. The molecule has 2 nitrogen and oxygen atoms in total. The average molecular weight is 206 g/mol. The zero-order valence-corrected chi connectivity index (χ0v) is 9.43. The zero-order valence-electron chi connectivity index (χ0n) is 9.43. The second-order valence-corrected chi connectivity index (χ2v) is 4.63. The van der Waals surface area contributed by atoms with Crippen LogP contribution in [0.25, 0.3) is 0 Å². The first kappa shape index (κ1) is 11.9. The van der Waals surface area contributed by atoms with E-state index in [-0.39, 0.29) is 12.3 Å². The van der Waals surface area contributed by atoms with Crippen molar-refractivity contribution in [3.63, 3.8) is 0 Å². The van der Waals surface area contributed by atoms with Crippen LogP contribution in [0.3, 0.4) is 0 Å². The van der Waals surface area contributed by atoms with Gasteiger partial charge in [0.1, 0.15) is 0 Å². The molecule has 0 aromatic heterocycles. The van der Waals surface area contributed by atoms with Crippen LogP contribution >= 0.6 is 0 Å². The Labute approximate surface area is 84.8 Å². The van der Waals surface area contributed by atoms with Gasteiger partial charge in [-0.25, -0.2) is 5.01 Å². The highest BCUT2D eigenvalue weighted by molar-refractivity contribution is 4.80. The van der Waals surface area contributed by atoms with Gasteiger partial charge in [-0.3, -0.25) is 0 Å². The quantitative estimate of drug-likeness (QED) is 0.640. The van der Waals surface area contributed by atoms with Crippen LogP contribution < -0.4 is 0 Å². The van der Waals surface area contributed by atoms with Crippen molar-refractivity contribution in [3.8, 4) is 0 Å². The summed E-state index contributed by atoms with van der Waals surface area (Å²) in [6.07, 6.45) is 0.855. The summed E-state index contributed by atoms with van der Waals surface area (Å²) >= 11 is 0. The minimum Gasteiger partial charge on any atom is -0.243 e. The maximum atomic E-state index is 13.6. The molecule has 0 aliphatic carbocycles. The maximum Gasteiger partial charge on any atom is 0.317 e. The molecule has 0 aromatic carbocycles. The smallest absolute Gasteiger partial charge is 0.243 e. The van der Waals surface area contributed by atoms with Crippen LogP contribution in [-0.4, -0.2) is 36.7 Å². The molecule has 0 spiro atoms. The molecule has 1 atom stereocenters. The molecule has 0 N–H and O–H groups in total. The normalized spacial score (nSPS) is 28.7. The van der Waals surface area contributed by atoms with E-state index < -0.39 is 6.05 Å². The monoisotopic (exact) mass is 206 g/mol. The van der Waals surface area contributed by atoms with Crippen molar-refractivity contribution < 1.29 is 8.78 Å². The lowest BCUT2D eigenvalue weighted by atomic mass is 9.86. The van der Waals surface area contributed by atoms with Gasteiger partial charge in [0.05, 0.1) is 0 Å². The minimum absolute atomic E-state index is 0.0111. The predicted octanol–water partition coefficient (Wildman–Crippen LogP) is 2.42. The summed E-state index contributed by atoms with van der Waals surface area (Å²) in [5.41, 5.74) is 0. The summed E-state index contributed by atoms with van der Waals surface area (Å²) in [5, 5.41) is 2.66. The van der Waals surface area contributed by atoms with Gasteiger partial charge in [-0.1, -0.05) is 13.8 Å². The summed E-state index contributed by atoms with van der Waals surface area (Å²) in [5.74, 6) is 0.506. The van der Waals surface area contributed by atoms with Crippen LogP contribution in [0.15, 0.2) is 0 Å². The van der Waals surface area contributed by atoms with Crippen LogP contribution in [-0.2, 0) is 0 Å². The Morgan fingerprint density at radius 3 is 2.29 bits per heavy atom. The van der Waals surface area contributed by atoms with Crippen LogP contribution in [0.5, 0.6) is 0 Å². The number of nitrogens with zero attached hydrogens (tertiary/aromatic N) is 2. The van der Waals surface area contributed by atoms with Gasteiger partial charge in [0, 0.05) is 27.1 Å². The predicted molar refractivity (Wildman–Crippen MR) is 52.9 cm³/mol. The molecule has 0 bridgehead atoms. The summed E-state index contributed by atoms with van der Waals surface area (Å²) in [4.78, 5) is 0. The van der Waals surface area contributed by atoms with Crippen molar-refractivity contribution in [1.82, 2.24) is 10.0 Å². The number of hydrazine groups is 1. The molecule has 0 saturated carbocycles. The minimum atomic E-state index is -2.67. The number of alkyl halides is 2. The first-order valence-corrected chi connectivity index (χ1v) is 5.17. The molecule has 1 rings (SSSR count). The molecular weight excluding hydrogens is 186 g/mol. The van der Waals surface area contributed by atoms with E-state index in [9.17, 15) is 8.78 Å². The summed E-state index contributed by atoms with van der Waals surface area (Å²) in [7, 11) is 3.34. The van der Waals surface area contributed by atoms with Crippen molar-refractivity contribution in [2.24, 2.45) is 11.8 Å². The summed E-state index contributed by atoms with van der Waals surface area (Å²) in [6.45, 7) is 4.50. The molecular formula is C10H20F2N2. The first-order chi connectivity index (χ1) is 6.34. The van der Waals surface area contributed by atoms with E-state index >= 15 is 0 Å². The molecule has 84 valence electrons. The third kappa shape index (κ3) is 2.42. The number of hydrogen-bond acceptors (Lipinski definition) is 2. The number of hydrogen-bond donors (Lipinski definition) is 0. The van der Waals surface area contributed by atoms with Gasteiger partial charge in [-0.15, -0.1) is 0 Å². The molecule has 1 aliphatic heterocycles. The Kier molecular flexibility index (Phi) is 3.48. The van der Waals surface area contributed by atoms with Crippen LogP contribution in [0, 0.1) is 11.8 Å². The molecule has 14 heavy (non-hydrogen) atoms. The van der Waals surface area contributed by atoms with E-state index in [2.05, 4.69) is 0 Å². The average Bonchev–Trinajstić information content (AvgIpc) is 2.01. The lowest BCUT2D eigenvalue weighted by Crippen LogP contribution is -2.54. The lowest BCUT2D eigenvalue weighted by molar-refractivity contribution is -0.255. The first-order valence-electron chi connectivity index (χ1n) is 5.17. The largest absolute Gasteiger partial charge is 0.317 e. The molecule has 1 aliphatic rings. The highest BCUT2D eigenvalue weighted by atomic mass is 19.3. The molecule has 1 heterocycles. The van der Waals surface area contributed by atoms with Crippen molar-refractivity contribution >= 4 is 0 Å². The summed E-state index contributed by atoms with van der Waals surface area (Å²) in [6, 6.07) is -2.67. The van der Waals surface area contributed by atoms with Gasteiger partial charge in [-0.2, -0.15) is 13.8 Å². The van der Waals surface area contributed by atoms with Crippen molar-refractivity contribution in [3.05, 3.63) is 0 Å². The van der Waals surface area contributed by atoms with E-state index in [1.165, 1.54) is 5.01 Å². The SMILES string of the molecule is CC(C)C1CCN(N(C)C)C(F)(F)C1.